The van der Waals surface area contributed by atoms with E-state index >= 15 is 0 Å². The molecule has 36 heavy (non-hydrogen) atoms. The van der Waals surface area contributed by atoms with Gasteiger partial charge >= 0.3 is 12.0 Å². The first kappa shape index (κ1) is 23.9. The second-order valence-corrected chi connectivity index (χ2v) is 9.40. The highest BCUT2D eigenvalue weighted by Crippen LogP contribution is 2.45. The molecular formula is C28H30N4O4. The van der Waals surface area contributed by atoms with Gasteiger partial charge < -0.3 is 14.4 Å². The maximum Gasteiger partial charge on any atom is 0.321 e. The van der Waals surface area contributed by atoms with Crippen LogP contribution in [0.25, 0.3) is 0 Å². The van der Waals surface area contributed by atoms with E-state index in [2.05, 4.69) is 14.9 Å². The number of nitrogens with zero attached hydrogens (tertiary/aromatic N) is 4. The zero-order valence-corrected chi connectivity index (χ0v) is 20.4. The van der Waals surface area contributed by atoms with Gasteiger partial charge in [0.2, 0.25) is 5.91 Å². The lowest BCUT2D eigenvalue weighted by Gasteiger charge is -2.47. The number of methoxy groups -OCH3 is 1. The fraction of sp³-hybridized carbons (Fsp3) is 0.357. The molecule has 3 aromatic rings. The highest BCUT2D eigenvalue weighted by molar-refractivity contribution is 5.89. The zero-order chi connectivity index (χ0) is 25.0. The predicted octanol–water partition coefficient (Wildman–Crippen LogP) is 3.83. The Hall–Kier alpha value is -3.78. The van der Waals surface area contributed by atoms with Crippen LogP contribution in [0, 0.1) is 5.92 Å². The molecule has 1 amide bonds. The molecule has 8 nitrogen and oxygen atoms in total. The van der Waals surface area contributed by atoms with E-state index in [0.29, 0.717) is 18.3 Å². The van der Waals surface area contributed by atoms with Crippen molar-refractivity contribution >= 4 is 11.9 Å². The van der Waals surface area contributed by atoms with Gasteiger partial charge in [-0.1, -0.05) is 42.5 Å². The van der Waals surface area contributed by atoms with Crippen LogP contribution in [0.2, 0.25) is 0 Å². The highest BCUT2D eigenvalue weighted by Gasteiger charge is 2.56. The number of hydrogen-bond acceptors (Lipinski definition) is 7. The number of carbonyl (C=O) groups excluding carboxylic acids is 2. The fourth-order valence-corrected chi connectivity index (χ4v) is 5.45. The van der Waals surface area contributed by atoms with Gasteiger partial charge in [0.05, 0.1) is 18.6 Å². The number of likely N-dealkylation sites (tertiary alicyclic amines) is 2. The van der Waals surface area contributed by atoms with Gasteiger partial charge in [0.25, 0.3) is 0 Å². The SMILES string of the molecule is COC(=O)C1CC(=O)N(Cc2ccccc2)C12CCN(Cc1ccc(Oc3ncccn3)cc1)CC2. The van der Waals surface area contributed by atoms with Crippen molar-refractivity contribution < 1.29 is 19.1 Å². The summed E-state index contributed by atoms with van der Waals surface area (Å²) in [5, 5.41) is 0. The molecule has 2 fully saturated rings. The molecule has 1 atom stereocenters. The largest absolute Gasteiger partial charge is 0.469 e. The van der Waals surface area contributed by atoms with Gasteiger partial charge in [-0.15, -0.1) is 0 Å². The number of rotatable bonds is 7. The quantitative estimate of drug-likeness (QED) is 0.469. The molecule has 1 unspecified atom stereocenters. The van der Waals surface area contributed by atoms with Crippen molar-refractivity contribution in [1.82, 2.24) is 19.8 Å². The van der Waals surface area contributed by atoms with Gasteiger partial charge in [0.1, 0.15) is 5.75 Å². The summed E-state index contributed by atoms with van der Waals surface area (Å²) in [5.74, 6) is -0.00646. The second kappa shape index (κ2) is 10.5. The molecule has 3 heterocycles. The molecule has 0 aliphatic carbocycles. The molecule has 0 bridgehead atoms. The normalized spacial score (nSPS) is 19.4. The molecule has 1 spiro atoms. The highest BCUT2D eigenvalue weighted by atomic mass is 16.5. The Balaban J connectivity index is 1.26. The molecular weight excluding hydrogens is 456 g/mol. The van der Waals surface area contributed by atoms with Crippen LogP contribution in [-0.2, 0) is 27.4 Å². The number of esters is 1. The maximum absolute atomic E-state index is 13.1. The molecule has 186 valence electrons. The van der Waals surface area contributed by atoms with E-state index in [1.807, 2.05) is 59.5 Å². The van der Waals surface area contributed by atoms with Gasteiger partial charge in [-0.25, -0.2) is 9.97 Å². The summed E-state index contributed by atoms with van der Waals surface area (Å²) < 4.78 is 10.8. The Bertz CT molecular complexity index is 1180. The standard InChI is InChI=1S/C28H30N4O4/c1-35-26(34)24-18-25(33)32(20-21-6-3-2-4-7-21)28(24)12-16-31(17-13-28)19-22-8-10-23(11-9-22)36-27-29-14-5-15-30-27/h2-11,14-15,24H,12-13,16-20H2,1H3. The molecule has 5 rings (SSSR count). The van der Waals surface area contributed by atoms with Gasteiger partial charge in [-0.3, -0.25) is 14.5 Å². The van der Waals surface area contributed by atoms with Crippen molar-refractivity contribution in [2.24, 2.45) is 5.92 Å². The van der Waals surface area contributed by atoms with Crippen LogP contribution in [0.1, 0.15) is 30.4 Å². The van der Waals surface area contributed by atoms with Crippen LogP contribution in [0.3, 0.4) is 0 Å². The number of benzene rings is 2. The smallest absolute Gasteiger partial charge is 0.321 e. The van der Waals surface area contributed by atoms with Crippen molar-refractivity contribution in [3.8, 4) is 11.8 Å². The minimum absolute atomic E-state index is 0.0284. The zero-order valence-electron chi connectivity index (χ0n) is 20.4. The van der Waals surface area contributed by atoms with E-state index in [1.165, 1.54) is 12.7 Å². The summed E-state index contributed by atoms with van der Waals surface area (Å²) in [7, 11) is 1.41. The summed E-state index contributed by atoms with van der Waals surface area (Å²) >= 11 is 0. The Morgan fingerprint density at radius 2 is 1.61 bits per heavy atom. The summed E-state index contributed by atoms with van der Waals surface area (Å²) in [6.45, 7) is 2.89. The third-order valence-corrected chi connectivity index (χ3v) is 7.34. The lowest BCUT2D eigenvalue weighted by Crippen LogP contribution is -2.57. The third kappa shape index (κ3) is 4.95. The first-order valence-electron chi connectivity index (χ1n) is 12.3. The monoisotopic (exact) mass is 486 g/mol. The number of ether oxygens (including phenoxy) is 2. The number of piperidine rings is 1. The van der Waals surface area contributed by atoms with E-state index in [-0.39, 0.29) is 18.3 Å². The van der Waals surface area contributed by atoms with Crippen molar-refractivity contribution in [3.63, 3.8) is 0 Å². The van der Waals surface area contributed by atoms with Crippen LogP contribution in [0.5, 0.6) is 11.8 Å². The van der Waals surface area contributed by atoms with Crippen LogP contribution < -0.4 is 4.74 Å². The first-order valence-corrected chi connectivity index (χ1v) is 12.3. The summed E-state index contributed by atoms with van der Waals surface area (Å²) in [5.41, 5.74) is 1.73. The van der Waals surface area contributed by atoms with E-state index < -0.39 is 11.5 Å². The second-order valence-electron chi connectivity index (χ2n) is 9.40. The summed E-state index contributed by atoms with van der Waals surface area (Å²) in [6.07, 6.45) is 4.97. The molecule has 2 saturated heterocycles. The van der Waals surface area contributed by atoms with Crippen molar-refractivity contribution in [2.75, 3.05) is 20.2 Å². The van der Waals surface area contributed by atoms with E-state index in [4.69, 9.17) is 9.47 Å². The average Bonchev–Trinajstić information content (AvgIpc) is 3.18. The van der Waals surface area contributed by atoms with Crippen LogP contribution in [-0.4, -0.2) is 57.4 Å². The minimum Gasteiger partial charge on any atom is -0.469 e. The van der Waals surface area contributed by atoms with Gasteiger partial charge in [-0.2, -0.15) is 0 Å². The number of hydrogen-bond donors (Lipinski definition) is 0. The first-order chi connectivity index (χ1) is 17.6. The Kier molecular flexibility index (Phi) is 6.95. The van der Waals surface area contributed by atoms with Crippen LogP contribution >= 0.6 is 0 Å². The minimum atomic E-state index is -0.510. The molecule has 2 aliphatic heterocycles. The maximum atomic E-state index is 13.1. The van der Waals surface area contributed by atoms with Gasteiger partial charge in [-0.05, 0) is 42.2 Å². The fourth-order valence-electron chi connectivity index (χ4n) is 5.45. The molecule has 8 heteroatoms. The molecule has 0 radical (unpaired) electrons. The van der Waals surface area contributed by atoms with Crippen LogP contribution in [0.4, 0.5) is 0 Å². The number of carbonyl (C=O) groups is 2. The van der Waals surface area contributed by atoms with Gasteiger partial charge in [0.15, 0.2) is 0 Å². The van der Waals surface area contributed by atoms with Crippen molar-refractivity contribution in [2.45, 2.75) is 37.9 Å². The van der Waals surface area contributed by atoms with E-state index in [1.54, 1.807) is 18.5 Å². The van der Waals surface area contributed by atoms with E-state index in [9.17, 15) is 9.59 Å². The summed E-state index contributed by atoms with van der Waals surface area (Å²) in [4.78, 5) is 38.3. The molecule has 0 saturated carbocycles. The number of aromatic nitrogens is 2. The van der Waals surface area contributed by atoms with Crippen molar-refractivity contribution in [1.29, 1.82) is 0 Å². The van der Waals surface area contributed by atoms with Crippen molar-refractivity contribution in [3.05, 3.63) is 84.2 Å². The van der Waals surface area contributed by atoms with Gasteiger partial charge in [0, 0.05) is 45.0 Å². The average molecular weight is 487 g/mol. The Morgan fingerprint density at radius 1 is 0.944 bits per heavy atom. The topological polar surface area (TPSA) is 84.9 Å². The lowest BCUT2D eigenvalue weighted by molar-refractivity contribution is -0.150. The van der Waals surface area contributed by atoms with E-state index in [0.717, 1.165) is 38.0 Å². The third-order valence-electron chi connectivity index (χ3n) is 7.34. The summed E-state index contributed by atoms with van der Waals surface area (Å²) in [6, 6.07) is 20.0. The number of amides is 1. The Morgan fingerprint density at radius 3 is 2.28 bits per heavy atom. The molecule has 2 aliphatic rings. The molecule has 1 aromatic heterocycles. The lowest BCUT2D eigenvalue weighted by atomic mass is 9.76. The predicted molar refractivity (Wildman–Crippen MR) is 133 cm³/mol. The molecule has 0 N–H and O–H groups in total. The molecule has 2 aromatic carbocycles. The van der Waals surface area contributed by atoms with Crippen LogP contribution in [0.15, 0.2) is 73.1 Å². The Labute approximate surface area is 210 Å².